The van der Waals surface area contributed by atoms with Gasteiger partial charge >= 0.3 is 5.97 Å². The summed E-state index contributed by atoms with van der Waals surface area (Å²) in [5.41, 5.74) is 0.448. The van der Waals surface area contributed by atoms with Gasteiger partial charge in [0.1, 0.15) is 5.69 Å². The molecule has 0 aliphatic carbocycles. The van der Waals surface area contributed by atoms with E-state index in [1.165, 1.54) is 29.4 Å². The second-order valence-corrected chi connectivity index (χ2v) is 9.49. The van der Waals surface area contributed by atoms with E-state index in [2.05, 4.69) is 5.32 Å². The van der Waals surface area contributed by atoms with Crippen LogP contribution < -0.4 is 5.32 Å². The predicted molar refractivity (Wildman–Crippen MR) is 113 cm³/mol. The van der Waals surface area contributed by atoms with Crippen molar-refractivity contribution in [3.63, 3.8) is 0 Å². The van der Waals surface area contributed by atoms with Crippen LogP contribution >= 0.6 is 11.6 Å². The van der Waals surface area contributed by atoms with Crippen LogP contribution in [0.25, 0.3) is 0 Å². The zero-order chi connectivity index (χ0) is 21.9. The molecule has 30 heavy (non-hydrogen) atoms. The summed E-state index contributed by atoms with van der Waals surface area (Å²) in [6.45, 7) is 2.37. The van der Waals surface area contributed by atoms with Crippen LogP contribution in [-0.2, 0) is 26.6 Å². The number of amides is 1. The highest BCUT2D eigenvalue weighted by molar-refractivity contribution is 7.89. The molecule has 10 heteroatoms. The fourth-order valence-corrected chi connectivity index (χ4v) is 4.91. The minimum absolute atomic E-state index is 0.0533. The number of aryl methyl sites for hydroxylation is 1. The summed E-state index contributed by atoms with van der Waals surface area (Å²) >= 11 is 6.15. The van der Waals surface area contributed by atoms with E-state index in [0.717, 1.165) is 19.3 Å². The van der Waals surface area contributed by atoms with E-state index in [1.54, 1.807) is 29.9 Å². The third kappa shape index (κ3) is 4.85. The van der Waals surface area contributed by atoms with Crippen LogP contribution in [0.4, 0.5) is 5.69 Å². The minimum atomic E-state index is -3.68. The van der Waals surface area contributed by atoms with Crippen LogP contribution in [0.15, 0.2) is 41.4 Å². The molecule has 1 aliphatic rings. The Bertz CT molecular complexity index is 1040. The molecule has 162 valence electrons. The van der Waals surface area contributed by atoms with Crippen molar-refractivity contribution < 1.29 is 22.7 Å². The number of esters is 1. The number of piperidine rings is 1. The van der Waals surface area contributed by atoms with Crippen molar-refractivity contribution in [1.29, 1.82) is 0 Å². The van der Waals surface area contributed by atoms with Crippen LogP contribution in [-0.4, -0.2) is 48.4 Å². The van der Waals surface area contributed by atoms with Gasteiger partial charge in [0.15, 0.2) is 6.10 Å². The third-order valence-corrected chi connectivity index (χ3v) is 7.18. The van der Waals surface area contributed by atoms with Gasteiger partial charge in [0.25, 0.3) is 5.91 Å². The molecule has 0 bridgehead atoms. The van der Waals surface area contributed by atoms with Gasteiger partial charge in [-0.3, -0.25) is 4.79 Å². The summed E-state index contributed by atoms with van der Waals surface area (Å²) in [6.07, 6.45) is 3.23. The van der Waals surface area contributed by atoms with Gasteiger partial charge in [-0.25, -0.2) is 13.2 Å². The largest absolute Gasteiger partial charge is 0.448 e. The Morgan fingerprint density at radius 1 is 1.17 bits per heavy atom. The van der Waals surface area contributed by atoms with Gasteiger partial charge in [-0.15, -0.1) is 0 Å². The van der Waals surface area contributed by atoms with Gasteiger partial charge in [-0.1, -0.05) is 18.0 Å². The van der Waals surface area contributed by atoms with E-state index < -0.39 is 28.0 Å². The van der Waals surface area contributed by atoms with E-state index in [4.69, 9.17) is 16.3 Å². The lowest BCUT2D eigenvalue weighted by atomic mass is 10.2. The van der Waals surface area contributed by atoms with Crippen molar-refractivity contribution in [2.45, 2.75) is 37.2 Å². The van der Waals surface area contributed by atoms with Crippen LogP contribution in [0.1, 0.15) is 36.7 Å². The highest BCUT2D eigenvalue weighted by Gasteiger charge is 2.27. The highest BCUT2D eigenvalue weighted by Crippen LogP contribution is 2.28. The molecule has 3 rings (SSSR count). The second-order valence-electron chi connectivity index (χ2n) is 7.15. The first-order valence-corrected chi connectivity index (χ1v) is 11.4. The lowest BCUT2D eigenvalue weighted by Gasteiger charge is -2.26. The van der Waals surface area contributed by atoms with Crippen LogP contribution in [0, 0.1) is 0 Å². The van der Waals surface area contributed by atoms with E-state index in [0.29, 0.717) is 18.8 Å². The molecule has 1 N–H and O–H groups in total. The Labute approximate surface area is 180 Å². The Morgan fingerprint density at radius 2 is 1.87 bits per heavy atom. The number of sulfonamides is 1. The Kier molecular flexibility index (Phi) is 6.84. The van der Waals surface area contributed by atoms with Gasteiger partial charge in [0.2, 0.25) is 10.0 Å². The number of halogens is 1. The third-order valence-electron chi connectivity index (χ3n) is 4.95. The number of anilines is 1. The number of hydrogen-bond donors (Lipinski definition) is 1. The van der Waals surface area contributed by atoms with Crippen molar-refractivity contribution >= 4 is 39.2 Å². The quantitative estimate of drug-likeness (QED) is 0.678. The molecule has 2 aromatic rings. The molecular weight excluding hydrogens is 430 g/mol. The van der Waals surface area contributed by atoms with Gasteiger partial charge in [0.05, 0.1) is 15.6 Å². The summed E-state index contributed by atoms with van der Waals surface area (Å²) in [5, 5.41) is 2.74. The van der Waals surface area contributed by atoms with Crippen molar-refractivity contribution in [3.8, 4) is 0 Å². The average Bonchev–Trinajstić information content (AvgIpc) is 3.16. The zero-order valence-corrected chi connectivity index (χ0v) is 18.4. The number of benzene rings is 1. The Hall–Kier alpha value is -2.36. The summed E-state index contributed by atoms with van der Waals surface area (Å²) in [4.78, 5) is 24.7. The molecular formula is C20H24ClN3O5S. The summed E-state index contributed by atoms with van der Waals surface area (Å²) in [7, 11) is -1.99. The van der Waals surface area contributed by atoms with Gasteiger partial charge in [-0.2, -0.15) is 4.31 Å². The van der Waals surface area contributed by atoms with Crippen LogP contribution in [0.3, 0.4) is 0 Å². The number of carbonyl (C=O) groups is 2. The number of nitrogens with one attached hydrogen (secondary N) is 1. The maximum absolute atomic E-state index is 12.9. The standard InChI is InChI=1S/C20H24ClN3O5S/c1-14(29-20(26)18-7-6-10-23(18)2)19(25)22-17-13-15(8-9-16(17)21)30(27,28)24-11-4-3-5-12-24/h6-10,13-14H,3-5,11-12H2,1-2H3,(H,22,25). The van der Waals surface area contributed by atoms with E-state index in [-0.39, 0.29) is 15.6 Å². The van der Waals surface area contributed by atoms with Crippen LogP contribution in [0.5, 0.6) is 0 Å². The molecule has 1 aliphatic heterocycles. The smallest absolute Gasteiger partial charge is 0.355 e. The van der Waals surface area contributed by atoms with Gasteiger partial charge < -0.3 is 14.6 Å². The number of hydrogen-bond acceptors (Lipinski definition) is 5. The minimum Gasteiger partial charge on any atom is -0.448 e. The predicted octanol–water partition coefficient (Wildman–Crippen LogP) is 3.04. The summed E-state index contributed by atoms with van der Waals surface area (Å²) in [6, 6.07) is 7.44. The molecule has 1 aromatic carbocycles. The number of ether oxygens (including phenoxy) is 1. The second kappa shape index (κ2) is 9.20. The molecule has 1 aromatic heterocycles. The topological polar surface area (TPSA) is 97.7 Å². The number of aromatic nitrogens is 1. The molecule has 0 saturated carbocycles. The molecule has 1 saturated heterocycles. The van der Waals surface area contributed by atoms with Gasteiger partial charge in [-0.05, 0) is 50.1 Å². The summed E-state index contributed by atoms with van der Waals surface area (Å²) < 4.78 is 34.0. The number of rotatable bonds is 6. The zero-order valence-electron chi connectivity index (χ0n) is 16.8. The number of nitrogens with zero attached hydrogens (tertiary/aromatic N) is 2. The van der Waals surface area contributed by atoms with Crippen molar-refractivity contribution in [2.75, 3.05) is 18.4 Å². The lowest BCUT2D eigenvalue weighted by Crippen LogP contribution is -2.35. The molecule has 1 fully saturated rings. The SMILES string of the molecule is CC(OC(=O)c1cccn1C)C(=O)Nc1cc(S(=O)(=O)N2CCCCC2)ccc1Cl. The molecule has 8 nitrogen and oxygen atoms in total. The van der Waals surface area contributed by atoms with Gasteiger partial charge in [0, 0.05) is 26.3 Å². The fraction of sp³-hybridized carbons (Fsp3) is 0.400. The normalized spacial score (nSPS) is 16.1. The monoisotopic (exact) mass is 453 g/mol. The first kappa shape index (κ1) is 22.3. The maximum atomic E-state index is 12.9. The fourth-order valence-electron chi connectivity index (χ4n) is 3.20. The molecule has 1 unspecified atom stereocenters. The van der Waals surface area contributed by atoms with E-state index in [1.807, 2.05) is 0 Å². The Morgan fingerprint density at radius 3 is 2.50 bits per heavy atom. The number of carbonyl (C=O) groups excluding carboxylic acids is 2. The van der Waals surface area contributed by atoms with Crippen molar-refractivity contribution in [1.82, 2.24) is 8.87 Å². The van der Waals surface area contributed by atoms with E-state index in [9.17, 15) is 18.0 Å². The first-order valence-electron chi connectivity index (χ1n) is 9.63. The van der Waals surface area contributed by atoms with Crippen molar-refractivity contribution in [2.24, 2.45) is 7.05 Å². The maximum Gasteiger partial charge on any atom is 0.355 e. The molecule has 2 heterocycles. The summed E-state index contributed by atoms with van der Waals surface area (Å²) in [5.74, 6) is -1.26. The molecule has 0 radical (unpaired) electrons. The lowest BCUT2D eigenvalue weighted by molar-refractivity contribution is -0.123. The Balaban J connectivity index is 1.72. The highest BCUT2D eigenvalue weighted by atomic mass is 35.5. The molecule has 1 amide bonds. The van der Waals surface area contributed by atoms with Crippen molar-refractivity contribution in [3.05, 3.63) is 47.2 Å². The molecule has 0 spiro atoms. The molecule has 1 atom stereocenters. The first-order chi connectivity index (χ1) is 14.2. The average molecular weight is 454 g/mol. The van der Waals surface area contributed by atoms with E-state index >= 15 is 0 Å². The van der Waals surface area contributed by atoms with Crippen LogP contribution in [0.2, 0.25) is 5.02 Å².